The van der Waals surface area contributed by atoms with Crippen molar-refractivity contribution in [1.82, 2.24) is 9.55 Å². The normalized spacial score (nSPS) is 17.4. The van der Waals surface area contributed by atoms with Crippen LogP contribution in [0.5, 0.6) is 0 Å². The molecule has 0 radical (unpaired) electrons. The van der Waals surface area contributed by atoms with Crippen LogP contribution in [0, 0.1) is 19.8 Å². The minimum absolute atomic E-state index is 0.130. The number of para-hydroxylation sites is 2. The van der Waals surface area contributed by atoms with E-state index in [1.54, 1.807) is 0 Å². The second kappa shape index (κ2) is 6.84. The summed E-state index contributed by atoms with van der Waals surface area (Å²) in [6.45, 7) is 10.3. The van der Waals surface area contributed by atoms with Crippen molar-refractivity contribution in [2.45, 2.75) is 46.6 Å². The van der Waals surface area contributed by atoms with Crippen LogP contribution in [-0.2, 0) is 11.3 Å². The topological polar surface area (TPSA) is 38.1 Å². The van der Waals surface area contributed by atoms with Gasteiger partial charge in [-0.2, -0.15) is 0 Å². The van der Waals surface area contributed by atoms with Crippen molar-refractivity contribution in [3.8, 4) is 0 Å². The van der Waals surface area contributed by atoms with Crippen molar-refractivity contribution < 1.29 is 4.79 Å². The van der Waals surface area contributed by atoms with E-state index in [4.69, 9.17) is 4.98 Å². The van der Waals surface area contributed by atoms with Gasteiger partial charge in [-0.15, -0.1) is 0 Å². The molecular formula is C23H27N3O. The van der Waals surface area contributed by atoms with E-state index in [2.05, 4.69) is 68.7 Å². The first kappa shape index (κ1) is 17.8. The maximum Gasteiger partial charge on any atom is 0.227 e. The Morgan fingerprint density at radius 2 is 1.89 bits per heavy atom. The fraction of sp³-hybridized carbons (Fsp3) is 0.391. The number of anilines is 1. The number of rotatable bonds is 4. The molecule has 3 aromatic rings. The monoisotopic (exact) mass is 361 g/mol. The zero-order valence-corrected chi connectivity index (χ0v) is 16.6. The van der Waals surface area contributed by atoms with E-state index in [1.165, 1.54) is 16.6 Å². The van der Waals surface area contributed by atoms with Crippen molar-refractivity contribution >= 4 is 22.6 Å². The van der Waals surface area contributed by atoms with Gasteiger partial charge in [0.2, 0.25) is 5.91 Å². The molecule has 0 saturated carbocycles. The highest BCUT2D eigenvalue weighted by Crippen LogP contribution is 2.34. The molecule has 1 atom stereocenters. The van der Waals surface area contributed by atoms with E-state index in [1.807, 2.05) is 11.0 Å². The summed E-state index contributed by atoms with van der Waals surface area (Å²) in [5.74, 6) is 1.88. The van der Waals surface area contributed by atoms with Crippen molar-refractivity contribution in [3.63, 3.8) is 0 Å². The van der Waals surface area contributed by atoms with E-state index in [0.29, 0.717) is 18.9 Å². The molecule has 1 saturated heterocycles. The van der Waals surface area contributed by atoms with Crippen LogP contribution in [0.1, 0.15) is 43.1 Å². The number of hydrogen-bond acceptors (Lipinski definition) is 2. The minimum Gasteiger partial charge on any atom is -0.327 e. The zero-order chi connectivity index (χ0) is 19.1. The quantitative estimate of drug-likeness (QED) is 0.667. The lowest BCUT2D eigenvalue weighted by molar-refractivity contribution is -0.117. The van der Waals surface area contributed by atoms with Crippen LogP contribution in [0.3, 0.4) is 0 Å². The van der Waals surface area contributed by atoms with Crippen LogP contribution in [0.15, 0.2) is 42.5 Å². The van der Waals surface area contributed by atoms with Crippen LogP contribution in [0.4, 0.5) is 5.69 Å². The van der Waals surface area contributed by atoms with E-state index in [9.17, 15) is 4.79 Å². The third kappa shape index (κ3) is 3.25. The first-order valence-electron chi connectivity index (χ1n) is 9.77. The maximum atomic E-state index is 12.8. The molecule has 4 heteroatoms. The molecule has 2 heterocycles. The van der Waals surface area contributed by atoms with Crippen LogP contribution >= 0.6 is 0 Å². The van der Waals surface area contributed by atoms with Gasteiger partial charge in [0.25, 0.3) is 0 Å². The molecule has 0 bridgehead atoms. The molecule has 1 amide bonds. The summed E-state index contributed by atoms with van der Waals surface area (Å²) >= 11 is 0. The Balaban J connectivity index is 1.70. The first-order chi connectivity index (χ1) is 12.9. The van der Waals surface area contributed by atoms with E-state index in [-0.39, 0.29) is 11.8 Å². The molecule has 0 spiro atoms. The lowest BCUT2D eigenvalue weighted by atomic mass is 10.1. The Morgan fingerprint density at radius 3 is 2.63 bits per heavy atom. The fourth-order valence-electron chi connectivity index (χ4n) is 3.99. The van der Waals surface area contributed by atoms with Crippen molar-refractivity contribution in [1.29, 1.82) is 0 Å². The van der Waals surface area contributed by atoms with Gasteiger partial charge >= 0.3 is 0 Å². The average molecular weight is 361 g/mol. The van der Waals surface area contributed by atoms with Gasteiger partial charge in [0.15, 0.2) is 0 Å². The summed E-state index contributed by atoms with van der Waals surface area (Å²) in [7, 11) is 0. The second-order valence-corrected chi connectivity index (χ2v) is 8.14. The Morgan fingerprint density at radius 1 is 1.11 bits per heavy atom. The number of imidazole rings is 1. The summed E-state index contributed by atoms with van der Waals surface area (Å²) in [6.07, 6.45) is 0.522. The number of nitrogens with zero attached hydrogens (tertiary/aromatic N) is 3. The molecule has 140 valence electrons. The number of carbonyl (C=O) groups is 1. The third-order valence-electron chi connectivity index (χ3n) is 5.52. The number of amides is 1. The highest BCUT2D eigenvalue weighted by Gasteiger charge is 2.35. The number of fused-ring (bicyclic) bond motifs is 1. The molecule has 1 aromatic heterocycles. The number of benzene rings is 2. The highest BCUT2D eigenvalue weighted by atomic mass is 16.2. The van der Waals surface area contributed by atoms with Crippen LogP contribution < -0.4 is 4.90 Å². The van der Waals surface area contributed by atoms with Crippen molar-refractivity contribution in [2.75, 3.05) is 11.4 Å². The molecule has 4 rings (SSSR count). The molecule has 0 aliphatic carbocycles. The summed E-state index contributed by atoms with van der Waals surface area (Å²) < 4.78 is 2.32. The summed E-state index contributed by atoms with van der Waals surface area (Å²) in [5.41, 5.74) is 5.65. The van der Waals surface area contributed by atoms with Gasteiger partial charge in [0.1, 0.15) is 5.82 Å². The van der Waals surface area contributed by atoms with Gasteiger partial charge in [-0.05, 0) is 55.2 Å². The van der Waals surface area contributed by atoms with Crippen LogP contribution in [0.25, 0.3) is 11.0 Å². The van der Waals surface area contributed by atoms with Gasteiger partial charge in [-0.3, -0.25) is 4.79 Å². The molecule has 2 aromatic carbocycles. The molecular weight excluding hydrogens is 334 g/mol. The average Bonchev–Trinajstić information content (AvgIpc) is 3.18. The lowest BCUT2D eigenvalue weighted by Gasteiger charge is -2.19. The summed E-state index contributed by atoms with van der Waals surface area (Å²) in [5, 5.41) is 0. The fourth-order valence-corrected chi connectivity index (χ4v) is 3.99. The van der Waals surface area contributed by atoms with E-state index < -0.39 is 0 Å². The number of aromatic nitrogens is 2. The number of carbonyl (C=O) groups excluding carboxylic acids is 1. The zero-order valence-electron chi connectivity index (χ0n) is 16.6. The Hall–Kier alpha value is -2.62. The molecule has 1 unspecified atom stereocenters. The van der Waals surface area contributed by atoms with E-state index >= 15 is 0 Å². The van der Waals surface area contributed by atoms with Gasteiger partial charge in [0.05, 0.1) is 11.0 Å². The summed E-state index contributed by atoms with van der Waals surface area (Å²) in [6, 6.07) is 14.6. The van der Waals surface area contributed by atoms with Gasteiger partial charge in [0, 0.05) is 31.1 Å². The van der Waals surface area contributed by atoms with Gasteiger partial charge in [-0.1, -0.05) is 32.0 Å². The highest BCUT2D eigenvalue weighted by molar-refractivity contribution is 5.96. The first-order valence-corrected chi connectivity index (χ1v) is 9.77. The Labute approximate surface area is 160 Å². The standard InChI is InChI=1S/C23H27N3O/c1-15(2)13-26-21-8-6-5-7-20(21)24-23(26)18-12-22(27)25(14-18)19-10-9-16(3)17(4)11-19/h5-11,15,18H,12-14H2,1-4H3. The number of hydrogen-bond donors (Lipinski definition) is 0. The Kier molecular flexibility index (Phi) is 4.50. The van der Waals surface area contributed by atoms with Crippen molar-refractivity contribution in [3.05, 3.63) is 59.4 Å². The summed E-state index contributed by atoms with van der Waals surface area (Å²) in [4.78, 5) is 19.6. The van der Waals surface area contributed by atoms with Gasteiger partial charge in [-0.25, -0.2) is 4.98 Å². The molecule has 0 N–H and O–H groups in total. The van der Waals surface area contributed by atoms with Gasteiger partial charge < -0.3 is 9.47 Å². The minimum atomic E-state index is 0.130. The second-order valence-electron chi connectivity index (χ2n) is 8.14. The predicted octanol–water partition coefficient (Wildman–Crippen LogP) is 4.83. The molecule has 1 fully saturated rings. The molecule has 1 aliphatic rings. The van der Waals surface area contributed by atoms with E-state index in [0.717, 1.165) is 23.6 Å². The smallest absolute Gasteiger partial charge is 0.227 e. The third-order valence-corrected chi connectivity index (χ3v) is 5.52. The largest absolute Gasteiger partial charge is 0.327 e. The number of aryl methyl sites for hydroxylation is 2. The lowest BCUT2D eigenvalue weighted by Crippen LogP contribution is -2.24. The molecule has 27 heavy (non-hydrogen) atoms. The van der Waals surface area contributed by atoms with Crippen LogP contribution in [0.2, 0.25) is 0 Å². The molecule has 1 aliphatic heterocycles. The van der Waals surface area contributed by atoms with Crippen molar-refractivity contribution in [2.24, 2.45) is 5.92 Å². The predicted molar refractivity (Wildman–Crippen MR) is 110 cm³/mol. The van der Waals surface area contributed by atoms with Crippen LogP contribution in [-0.4, -0.2) is 22.0 Å². The SMILES string of the molecule is Cc1ccc(N2CC(c3nc4ccccc4n3CC(C)C)CC2=O)cc1C. The Bertz CT molecular complexity index is 1000. The molecule has 4 nitrogen and oxygen atoms in total. The maximum absolute atomic E-state index is 12.8.